The lowest BCUT2D eigenvalue weighted by molar-refractivity contribution is 0.803. The Morgan fingerprint density at radius 1 is 1.06 bits per heavy atom. The molecule has 3 aromatic rings. The van der Waals surface area contributed by atoms with Gasteiger partial charge in [-0.15, -0.1) is 5.10 Å². The van der Waals surface area contributed by atoms with Gasteiger partial charge in [-0.25, -0.2) is 4.68 Å². The Bertz CT molecular complexity index is 567. The molecule has 5 heteroatoms. The van der Waals surface area contributed by atoms with Crippen LogP contribution in [0.3, 0.4) is 0 Å². The summed E-state index contributed by atoms with van der Waals surface area (Å²) in [6.07, 6.45) is 3.56. The SMILES string of the molecule is c1ccc(-n2cc(-c3ccn[nH]3)nn2)cc1. The lowest BCUT2D eigenvalue weighted by atomic mass is 10.3. The molecular formula is C11H9N5. The highest BCUT2D eigenvalue weighted by Gasteiger charge is 2.05. The molecule has 1 N–H and O–H groups in total. The highest BCUT2D eigenvalue weighted by molar-refractivity contribution is 5.51. The molecule has 0 radical (unpaired) electrons. The van der Waals surface area contributed by atoms with Gasteiger partial charge in [-0.2, -0.15) is 5.10 Å². The number of hydrogen-bond acceptors (Lipinski definition) is 3. The summed E-state index contributed by atoms with van der Waals surface area (Å²) in [5, 5.41) is 14.9. The van der Waals surface area contributed by atoms with Gasteiger partial charge in [-0.3, -0.25) is 5.10 Å². The quantitative estimate of drug-likeness (QED) is 0.701. The Morgan fingerprint density at radius 3 is 2.69 bits per heavy atom. The van der Waals surface area contributed by atoms with Gasteiger partial charge < -0.3 is 0 Å². The van der Waals surface area contributed by atoms with Crippen molar-refractivity contribution in [3.8, 4) is 17.1 Å². The topological polar surface area (TPSA) is 59.4 Å². The van der Waals surface area contributed by atoms with E-state index in [9.17, 15) is 0 Å². The molecule has 0 aliphatic heterocycles. The average Bonchev–Trinajstić information content (AvgIpc) is 3.01. The zero-order chi connectivity index (χ0) is 10.8. The van der Waals surface area contributed by atoms with Gasteiger partial charge in [-0.05, 0) is 18.2 Å². The van der Waals surface area contributed by atoms with Crippen LogP contribution in [0.5, 0.6) is 0 Å². The molecule has 16 heavy (non-hydrogen) atoms. The van der Waals surface area contributed by atoms with Crippen molar-refractivity contribution >= 4 is 0 Å². The molecule has 0 unspecified atom stereocenters. The second-order valence-corrected chi connectivity index (χ2v) is 3.35. The van der Waals surface area contributed by atoms with Crippen LogP contribution in [0, 0.1) is 0 Å². The van der Waals surface area contributed by atoms with Gasteiger partial charge in [0.05, 0.1) is 17.6 Å². The third kappa shape index (κ3) is 1.48. The smallest absolute Gasteiger partial charge is 0.131 e. The lowest BCUT2D eigenvalue weighted by Crippen LogP contribution is -1.93. The number of H-pyrrole nitrogens is 1. The van der Waals surface area contributed by atoms with E-state index in [1.165, 1.54) is 0 Å². The minimum Gasteiger partial charge on any atom is -0.276 e. The number of nitrogens with one attached hydrogen (secondary N) is 1. The van der Waals surface area contributed by atoms with Gasteiger partial charge in [0.15, 0.2) is 0 Å². The number of nitrogens with zero attached hydrogens (tertiary/aromatic N) is 4. The summed E-state index contributed by atoms with van der Waals surface area (Å²) in [5.41, 5.74) is 2.63. The summed E-state index contributed by atoms with van der Waals surface area (Å²) in [6, 6.07) is 11.7. The molecule has 0 bridgehead atoms. The van der Waals surface area contributed by atoms with E-state index in [1.807, 2.05) is 42.6 Å². The molecule has 3 rings (SSSR count). The van der Waals surface area contributed by atoms with Crippen LogP contribution in [0.25, 0.3) is 17.1 Å². The minimum absolute atomic E-state index is 0.779. The van der Waals surface area contributed by atoms with Gasteiger partial charge in [0.1, 0.15) is 5.69 Å². The van der Waals surface area contributed by atoms with Crippen LogP contribution in [0.15, 0.2) is 48.8 Å². The van der Waals surface area contributed by atoms with Gasteiger partial charge in [0.25, 0.3) is 0 Å². The van der Waals surface area contributed by atoms with E-state index < -0.39 is 0 Å². The maximum atomic E-state index is 4.08. The fraction of sp³-hybridized carbons (Fsp3) is 0. The Balaban J connectivity index is 2.00. The molecule has 0 atom stereocenters. The number of aromatic nitrogens is 5. The molecule has 2 heterocycles. The molecule has 5 nitrogen and oxygen atoms in total. The first kappa shape index (κ1) is 8.84. The number of para-hydroxylation sites is 1. The van der Waals surface area contributed by atoms with E-state index in [0.29, 0.717) is 0 Å². The van der Waals surface area contributed by atoms with Crippen LogP contribution in [0.2, 0.25) is 0 Å². The van der Waals surface area contributed by atoms with Crippen LogP contribution < -0.4 is 0 Å². The Kier molecular flexibility index (Phi) is 2.00. The predicted molar refractivity (Wildman–Crippen MR) is 58.9 cm³/mol. The minimum atomic E-state index is 0.779. The zero-order valence-electron chi connectivity index (χ0n) is 8.41. The summed E-state index contributed by atoms with van der Waals surface area (Å²) in [6.45, 7) is 0. The second-order valence-electron chi connectivity index (χ2n) is 3.35. The van der Waals surface area contributed by atoms with Crippen LogP contribution in [0.1, 0.15) is 0 Å². The molecule has 78 valence electrons. The molecule has 2 aromatic heterocycles. The lowest BCUT2D eigenvalue weighted by Gasteiger charge is -1.96. The highest BCUT2D eigenvalue weighted by Crippen LogP contribution is 2.13. The molecule has 0 amide bonds. The fourth-order valence-electron chi connectivity index (χ4n) is 1.49. The van der Waals surface area contributed by atoms with Crippen LogP contribution in [-0.2, 0) is 0 Å². The number of hydrogen-bond donors (Lipinski definition) is 1. The number of aromatic amines is 1. The second kappa shape index (κ2) is 3.62. The molecule has 0 fully saturated rings. The highest BCUT2D eigenvalue weighted by atomic mass is 15.4. The Hall–Kier alpha value is -2.43. The predicted octanol–water partition coefficient (Wildman–Crippen LogP) is 1.66. The molecule has 0 spiro atoms. The van der Waals surface area contributed by atoms with Gasteiger partial charge >= 0.3 is 0 Å². The molecule has 0 aliphatic rings. The largest absolute Gasteiger partial charge is 0.276 e. The summed E-state index contributed by atoms with van der Waals surface area (Å²) in [7, 11) is 0. The van der Waals surface area contributed by atoms with Crippen molar-refractivity contribution in [3.05, 3.63) is 48.8 Å². The third-order valence-electron chi connectivity index (χ3n) is 2.29. The Labute approximate surface area is 91.7 Å². The van der Waals surface area contributed by atoms with Crippen molar-refractivity contribution in [1.29, 1.82) is 0 Å². The zero-order valence-corrected chi connectivity index (χ0v) is 8.41. The molecule has 0 saturated carbocycles. The van der Waals surface area contributed by atoms with Crippen molar-refractivity contribution in [1.82, 2.24) is 25.2 Å². The van der Waals surface area contributed by atoms with Crippen molar-refractivity contribution in [2.75, 3.05) is 0 Å². The van der Waals surface area contributed by atoms with E-state index in [0.717, 1.165) is 17.1 Å². The summed E-state index contributed by atoms with van der Waals surface area (Å²) in [5.74, 6) is 0. The van der Waals surface area contributed by atoms with Crippen LogP contribution in [0.4, 0.5) is 0 Å². The first-order valence-corrected chi connectivity index (χ1v) is 4.91. The van der Waals surface area contributed by atoms with Gasteiger partial charge in [-0.1, -0.05) is 23.4 Å². The van der Waals surface area contributed by atoms with E-state index in [4.69, 9.17) is 0 Å². The number of rotatable bonds is 2. The Morgan fingerprint density at radius 2 is 1.94 bits per heavy atom. The summed E-state index contributed by atoms with van der Waals surface area (Å²) < 4.78 is 1.73. The number of benzene rings is 1. The van der Waals surface area contributed by atoms with Crippen molar-refractivity contribution in [2.24, 2.45) is 0 Å². The first-order chi connectivity index (χ1) is 7.93. The van der Waals surface area contributed by atoms with Crippen molar-refractivity contribution in [2.45, 2.75) is 0 Å². The average molecular weight is 211 g/mol. The molecule has 1 aromatic carbocycles. The van der Waals surface area contributed by atoms with E-state index >= 15 is 0 Å². The fourth-order valence-corrected chi connectivity index (χ4v) is 1.49. The molecular weight excluding hydrogens is 202 g/mol. The van der Waals surface area contributed by atoms with Crippen molar-refractivity contribution in [3.63, 3.8) is 0 Å². The van der Waals surface area contributed by atoms with Gasteiger partial charge in [0, 0.05) is 6.20 Å². The standard InChI is InChI=1S/C11H9N5/c1-2-4-9(5-3-1)16-8-11(14-15-16)10-6-7-12-13-10/h1-8H,(H,12,13). The third-order valence-corrected chi connectivity index (χ3v) is 2.29. The van der Waals surface area contributed by atoms with Crippen LogP contribution >= 0.6 is 0 Å². The van der Waals surface area contributed by atoms with E-state index in [2.05, 4.69) is 20.5 Å². The summed E-state index contributed by atoms with van der Waals surface area (Å²) in [4.78, 5) is 0. The van der Waals surface area contributed by atoms with E-state index in [-0.39, 0.29) is 0 Å². The maximum absolute atomic E-state index is 4.08. The molecule has 0 saturated heterocycles. The van der Waals surface area contributed by atoms with Crippen molar-refractivity contribution < 1.29 is 0 Å². The molecule has 0 aliphatic carbocycles. The van der Waals surface area contributed by atoms with Gasteiger partial charge in [0.2, 0.25) is 0 Å². The normalized spacial score (nSPS) is 10.5. The van der Waals surface area contributed by atoms with E-state index in [1.54, 1.807) is 10.9 Å². The first-order valence-electron chi connectivity index (χ1n) is 4.91. The monoisotopic (exact) mass is 211 g/mol. The summed E-state index contributed by atoms with van der Waals surface area (Å²) >= 11 is 0. The maximum Gasteiger partial charge on any atom is 0.131 e. The van der Waals surface area contributed by atoms with Crippen LogP contribution in [-0.4, -0.2) is 25.2 Å².